The molecule has 2 aromatic rings. The number of aromatic nitrogens is 1. The third-order valence-electron chi connectivity index (χ3n) is 3.68. The summed E-state index contributed by atoms with van der Waals surface area (Å²) in [5.74, 6) is -1.10. The lowest BCUT2D eigenvalue weighted by Crippen LogP contribution is -2.28. The molecule has 1 unspecified atom stereocenters. The number of carbonyl (C=O) groups is 2. The van der Waals surface area contributed by atoms with Crippen molar-refractivity contribution in [2.75, 3.05) is 0 Å². The van der Waals surface area contributed by atoms with E-state index in [9.17, 15) is 9.59 Å². The topological polar surface area (TPSA) is 79.3 Å². The monoisotopic (exact) mass is 312 g/mol. The second-order valence-corrected chi connectivity index (χ2v) is 5.45. The van der Waals surface area contributed by atoms with Gasteiger partial charge in [-0.15, -0.1) is 0 Å². The highest BCUT2D eigenvalue weighted by Gasteiger charge is 2.16. The van der Waals surface area contributed by atoms with E-state index in [0.29, 0.717) is 12.0 Å². The number of nitrogens with zero attached hydrogens (tertiary/aromatic N) is 1. The lowest BCUT2D eigenvalue weighted by molar-refractivity contribution is -0.136. The van der Waals surface area contributed by atoms with Crippen LogP contribution >= 0.6 is 0 Å². The van der Waals surface area contributed by atoms with Crippen LogP contribution in [0.4, 0.5) is 0 Å². The van der Waals surface area contributed by atoms with Gasteiger partial charge in [-0.05, 0) is 43.5 Å². The Morgan fingerprint density at radius 2 is 1.96 bits per heavy atom. The summed E-state index contributed by atoms with van der Waals surface area (Å²) in [4.78, 5) is 27.6. The van der Waals surface area contributed by atoms with Gasteiger partial charge >= 0.3 is 5.97 Å². The van der Waals surface area contributed by atoms with E-state index in [1.807, 2.05) is 26.0 Å². The Hall–Kier alpha value is -2.69. The average Bonchev–Trinajstić information content (AvgIpc) is 2.53. The van der Waals surface area contributed by atoms with Gasteiger partial charge < -0.3 is 10.4 Å². The number of hydrogen-bond donors (Lipinski definition) is 2. The van der Waals surface area contributed by atoms with Gasteiger partial charge in [-0.3, -0.25) is 14.6 Å². The number of benzene rings is 1. The number of amides is 1. The first-order valence-corrected chi connectivity index (χ1v) is 7.51. The first-order chi connectivity index (χ1) is 11.0. The van der Waals surface area contributed by atoms with Crippen LogP contribution in [0.15, 0.2) is 42.6 Å². The molecule has 0 aliphatic rings. The van der Waals surface area contributed by atoms with E-state index in [1.54, 1.807) is 30.5 Å². The number of carbonyl (C=O) groups excluding carboxylic acids is 1. The van der Waals surface area contributed by atoms with Crippen LogP contribution in [0, 0.1) is 6.92 Å². The quantitative estimate of drug-likeness (QED) is 0.859. The summed E-state index contributed by atoms with van der Waals surface area (Å²) in [6.45, 7) is 3.83. The van der Waals surface area contributed by atoms with Crippen molar-refractivity contribution < 1.29 is 14.7 Å². The largest absolute Gasteiger partial charge is 0.481 e. The maximum Gasteiger partial charge on any atom is 0.303 e. The number of aliphatic carboxylic acids is 1. The molecular formula is C18H20N2O3. The van der Waals surface area contributed by atoms with E-state index < -0.39 is 5.97 Å². The molecule has 0 saturated carbocycles. The van der Waals surface area contributed by atoms with E-state index in [4.69, 9.17) is 5.11 Å². The number of carboxylic acid groups (broad SMARTS) is 1. The van der Waals surface area contributed by atoms with Crippen molar-refractivity contribution in [3.8, 4) is 0 Å². The minimum absolute atomic E-state index is 0.000798. The van der Waals surface area contributed by atoms with Gasteiger partial charge in [0, 0.05) is 18.2 Å². The second kappa shape index (κ2) is 7.54. The highest BCUT2D eigenvalue weighted by atomic mass is 16.4. The molecule has 2 rings (SSSR count). The predicted octanol–water partition coefficient (Wildman–Crippen LogP) is 2.90. The molecule has 1 amide bonds. The molecule has 0 aliphatic heterocycles. The zero-order valence-electron chi connectivity index (χ0n) is 13.2. The van der Waals surface area contributed by atoms with Crippen molar-refractivity contribution in [1.82, 2.24) is 10.3 Å². The number of pyridine rings is 1. The molecule has 0 radical (unpaired) electrons. The molecule has 2 N–H and O–H groups in total. The van der Waals surface area contributed by atoms with Crippen LogP contribution in [0.3, 0.4) is 0 Å². The molecule has 0 aliphatic carbocycles. The molecule has 1 aromatic carbocycles. The van der Waals surface area contributed by atoms with Gasteiger partial charge in [-0.25, -0.2) is 0 Å². The molecule has 1 aromatic heterocycles. The molecule has 0 bridgehead atoms. The molecule has 5 heteroatoms. The summed E-state index contributed by atoms with van der Waals surface area (Å²) in [6, 6.07) is 10.7. The fraction of sp³-hybridized carbons (Fsp3) is 0.278. The molecule has 1 atom stereocenters. The van der Waals surface area contributed by atoms with E-state index in [-0.39, 0.29) is 18.4 Å². The van der Waals surface area contributed by atoms with Gasteiger partial charge in [-0.1, -0.05) is 24.3 Å². The third-order valence-corrected chi connectivity index (χ3v) is 3.68. The molecule has 120 valence electrons. The van der Waals surface area contributed by atoms with E-state index in [2.05, 4.69) is 10.3 Å². The van der Waals surface area contributed by atoms with Crippen molar-refractivity contribution in [3.63, 3.8) is 0 Å². The summed E-state index contributed by atoms with van der Waals surface area (Å²) in [7, 11) is 0. The van der Waals surface area contributed by atoms with Crippen molar-refractivity contribution in [2.45, 2.75) is 32.7 Å². The van der Waals surface area contributed by atoms with Crippen LogP contribution < -0.4 is 5.32 Å². The average molecular weight is 312 g/mol. The van der Waals surface area contributed by atoms with Crippen molar-refractivity contribution in [2.24, 2.45) is 0 Å². The zero-order chi connectivity index (χ0) is 16.8. The van der Waals surface area contributed by atoms with Gasteiger partial charge in [0.1, 0.15) is 0 Å². The molecule has 0 saturated heterocycles. The minimum Gasteiger partial charge on any atom is -0.481 e. The predicted molar refractivity (Wildman–Crippen MR) is 87.3 cm³/mol. The SMILES string of the molecule is Cc1cccnc1C(C)NC(=O)c1ccccc1CCC(=O)O. The van der Waals surface area contributed by atoms with Crippen LogP contribution in [-0.4, -0.2) is 22.0 Å². The maximum atomic E-state index is 12.5. The van der Waals surface area contributed by atoms with Crippen LogP contribution in [0.25, 0.3) is 0 Å². The first-order valence-electron chi connectivity index (χ1n) is 7.51. The number of aryl methyl sites for hydroxylation is 2. The Balaban J connectivity index is 2.14. The summed E-state index contributed by atoms with van der Waals surface area (Å²) in [5.41, 5.74) is 3.08. The zero-order valence-corrected chi connectivity index (χ0v) is 13.2. The lowest BCUT2D eigenvalue weighted by Gasteiger charge is -2.16. The van der Waals surface area contributed by atoms with Gasteiger partial charge in [0.2, 0.25) is 0 Å². The molecule has 1 heterocycles. The first kappa shape index (κ1) is 16.7. The smallest absolute Gasteiger partial charge is 0.303 e. The lowest BCUT2D eigenvalue weighted by atomic mass is 10.0. The number of rotatable bonds is 6. The van der Waals surface area contributed by atoms with Crippen molar-refractivity contribution in [1.29, 1.82) is 0 Å². The Morgan fingerprint density at radius 1 is 1.22 bits per heavy atom. The molecule has 5 nitrogen and oxygen atoms in total. The van der Waals surface area contributed by atoms with E-state index >= 15 is 0 Å². The maximum absolute atomic E-state index is 12.5. The second-order valence-electron chi connectivity index (χ2n) is 5.45. The Morgan fingerprint density at radius 3 is 2.65 bits per heavy atom. The summed E-state index contributed by atoms with van der Waals surface area (Å²) < 4.78 is 0. The molecule has 0 spiro atoms. The third kappa shape index (κ3) is 4.39. The fourth-order valence-corrected chi connectivity index (χ4v) is 2.50. The molecule has 0 fully saturated rings. The summed E-state index contributed by atoms with van der Waals surface area (Å²) in [5, 5.41) is 11.8. The normalized spacial score (nSPS) is 11.7. The van der Waals surface area contributed by atoms with Crippen LogP contribution in [-0.2, 0) is 11.2 Å². The van der Waals surface area contributed by atoms with Gasteiger partial charge in [-0.2, -0.15) is 0 Å². The van der Waals surface area contributed by atoms with Crippen LogP contribution in [0.1, 0.15) is 46.6 Å². The Kier molecular flexibility index (Phi) is 5.46. The van der Waals surface area contributed by atoms with Gasteiger partial charge in [0.15, 0.2) is 0 Å². The highest BCUT2D eigenvalue weighted by molar-refractivity contribution is 5.96. The van der Waals surface area contributed by atoms with Crippen LogP contribution in [0.5, 0.6) is 0 Å². The number of hydrogen-bond acceptors (Lipinski definition) is 3. The Bertz CT molecular complexity index is 713. The van der Waals surface area contributed by atoms with Crippen molar-refractivity contribution >= 4 is 11.9 Å². The summed E-state index contributed by atoms with van der Waals surface area (Å²) >= 11 is 0. The fourth-order valence-electron chi connectivity index (χ4n) is 2.50. The minimum atomic E-state index is -0.877. The van der Waals surface area contributed by atoms with Crippen molar-refractivity contribution in [3.05, 3.63) is 65.0 Å². The standard InChI is InChI=1S/C18H20N2O3/c1-12-6-5-11-19-17(12)13(2)20-18(23)15-8-4-3-7-14(15)9-10-16(21)22/h3-8,11,13H,9-10H2,1-2H3,(H,20,23)(H,21,22). The molecular weight excluding hydrogens is 292 g/mol. The Labute approximate surface area is 135 Å². The van der Waals surface area contributed by atoms with E-state index in [1.165, 1.54) is 0 Å². The van der Waals surface area contributed by atoms with Gasteiger partial charge in [0.05, 0.1) is 11.7 Å². The molecule has 23 heavy (non-hydrogen) atoms. The summed E-state index contributed by atoms with van der Waals surface area (Å²) in [6.07, 6.45) is 2.03. The highest BCUT2D eigenvalue weighted by Crippen LogP contribution is 2.16. The van der Waals surface area contributed by atoms with Gasteiger partial charge in [0.25, 0.3) is 5.91 Å². The van der Waals surface area contributed by atoms with Crippen LogP contribution in [0.2, 0.25) is 0 Å². The number of carboxylic acids is 1. The van der Waals surface area contributed by atoms with E-state index in [0.717, 1.165) is 16.8 Å². The number of nitrogens with one attached hydrogen (secondary N) is 1.